The number of hydrogen-bond donors (Lipinski definition) is 1. The molecular weight excluding hydrogens is 270 g/mol. The van der Waals surface area contributed by atoms with Crippen LogP contribution in [0, 0.1) is 0 Å². The molecule has 0 unspecified atom stereocenters. The zero-order valence-corrected chi connectivity index (χ0v) is 11.6. The van der Waals surface area contributed by atoms with E-state index in [9.17, 15) is 13.2 Å². The van der Waals surface area contributed by atoms with Crippen molar-refractivity contribution in [3.05, 3.63) is 6.20 Å². The molecule has 2 heterocycles. The Morgan fingerprint density at radius 1 is 1.37 bits per heavy atom. The molecule has 9 heteroatoms. The predicted molar refractivity (Wildman–Crippen MR) is 68.9 cm³/mol. The predicted octanol–water partition coefficient (Wildman–Crippen LogP) is -0.338. The lowest BCUT2D eigenvalue weighted by atomic mass is 10.1. The Labute approximate surface area is 111 Å². The zero-order valence-electron chi connectivity index (χ0n) is 10.7. The second-order valence-electron chi connectivity index (χ2n) is 4.62. The zero-order chi connectivity index (χ0) is 13.9. The van der Waals surface area contributed by atoms with Crippen LogP contribution in [0.15, 0.2) is 6.20 Å². The summed E-state index contributed by atoms with van der Waals surface area (Å²) in [6.45, 7) is 1.64. The molecule has 8 nitrogen and oxygen atoms in total. The molecule has 1 amide bonds. The number of nitrogens with zero attached hydrogens (tertiary/aromatic N) is 4. The number of piperidine rings is 1. The highest BCUT2D eigenvalue weighted by Gasteiger charge is 2.17. The van der Waals surface area contributed by atoms with E-state index in [2.05, 4.69) is 15.0 Å². The van der Waals surface area contributed by atoms with Crippen LogP contribution >= 0.6 is 0 Å². The molecule has 1 aliphatic rings. The minimum absolute atomic E-state index is 0.0181. The maximum absolute atomic E-state index is 12.0. The Hall–Kier alpha value is -1.64. The lowest BCUT2D eigenvalue weighted by Crippen LogP contribution is -2.37. The van der Waals surface area contributed by atoms with Crippen LogP contribution in [0.25, 0.3) is 0 Å². The molecule has 0 spiro atoms. The number of likely N-dealkylation sites (tertiary alicyclic amines) is 1. The number of amides is 1. The van der Waals surface area contributed by atoms with E-state index in [1.807, 2.05) is 0 Å². The topological polar surface area (TPSA) is 97.2 Å². The minimum atomic E-state index is -3.37. The Kier molecular flexibility index (Phi) is 4.03. The van der Waals surface area contributed by atoms with E-state index >= 15 is 0 Å². The molecule has 0 aliphatic carbocycles. The molecule has 0 aromatic carbocycles. The van der Waals surface area contributed by atoms with Gasteiger partial charge in [-0.25, -0.2) is 13.1 Å². The van der Waals surface area contributed by atoms with Gasteiger partial charge in [-0.05, 0) is 19.3 Å². The molecule has 1 aromatic heterocycles. The van der Waals surface area contributed by atoms with Gasteiger partial charge in [-0.15, -0.1) is 5.10 Å². The number of rotatable bonds is 4. The first kappa shape index (κ1) is 13.8. The Bertz CT molecular complexity index is 547. The van der Waals surface area contributed by atoms with Crippen LogP contribution in [0.3, 0.4) is 0 Å². The van der Waals surface area contributed by atoms with Crippen LogP contribution in [-0.4, -0.2) is 53.6 Å². The van der Waals surface area contributed by atoms with Gasteiger partial charge in [-0.2, -0.15) is 0 Å². The normalized spacial score (nSPS) is 16.4. The van der Waals surface area contributed by atoms with Crippen LogP contribution in [0.4, 0.5) is 5.82 Å². The van der Waals surface area contributed by atoms with Gasteiger partial charge in [0.25, 0.3) is 0 Å². The number of carbonyl (C=O) groups excluding carboxylic acids is 1. The summed E-state index contributed by atoms with van der Waals surface area (Å²) >= 11 is 0. The average molecular weight is 287 g/mol. The maximum atomic E-state index is 12.0. The average Bonchev–Trinajstić information content (AvgIpc) is 2.75. The van der Waals surface area contributed by atoms with E-state index in [0.717, 1.165) is 38.6 Å². The van der Waals surface area contributed by atoms with E-state index < -0.39 is 10.0 Å². The van der Waals surface area contributed by atoms with Gasteiger partial charge in [0, 0.05) is 13.1 Å². The van der Waals surface area contributed by atoms with Crippen molar-refractivity contribution in [1.82, 2.24) is 19.9 Å². The monoisotopic (exact) mass is 287 g/mol. The van der Waals surface area contributed by atoms with Gasteiger partial charge in [-0.3, -0.25) is 9.52 Å². The summed E-state index contributed by atoms with van der Waals surface area (Å²) in [5.41, 5.74) is 0. The Morgan fingerprint density at radius 2 is 2.05 bits per heavy atom. The lowest BCUT2D eigenvalue weighted by Gasteiger charge is -2.26. The van der Waals surface area contributed by atoms with E-state index in [-0.39, 0.29) is 18.3 Å². The molecule has 1 fully saturated rings. The van der Waals surface area contributed by atoms with E-state index in [0.29, 0.717) is 0 Å². The van der Waals surface area contributed by atoms with Crippen molar-refractivity contribution in [2.24, 2.45) is 0 Å². The van der Waals surface area contributed by atoms with Crippen LogP contribution in [0.5, 0.6) is 0 Å². The van der Waals surface area contributed by atoms with E-state index in [4.69, 9.17) is 0 Å². The van der Waals surface area contributed by atoms with Gasteiger partial charge < -0.3 is 4.90 Å². The van der Waals surface area contributed by atoms with Crippen LogP contribution < -0.4 is 4.72 Å². The smallest absolute Gasteiger partial charge is 0.244 e. The summed E-state index contributed by atoms with van der Waals surface area (Å²) in [6, 6.07) is 0. The van der Waals surface area contributed by atoms with Gasteiger partial charge in [0.2, 0.25) is 15.9 Å². The molecule has 1 saturated heterocycles. The van der Waals surface area contributed by atoms with Crippen molar-refractivity contribution >= 4 is 21.7 Å². The van der Waals surface area contributed by atoms with Crippen LogP contribution in [-0.2, 0) is 21.4 Å². The highest BCUT2D eigenvalue weighted by molar-refractivity contribution is 7.92. The molecule has 19 heavy (non-hydrogen) atoms. The van der Waals surface area contributed by atoms with Gasteiger partial charge in [0.1, 0.15) is 6.54 Å². The van der Waals surface area contributed by atoms with Crippen LogP contribution in [0.1, 0.15) is 19.3 Å². The summed E-state index contributed by atoms with van der Waals surface area (Å²) in [5, 5.41) is 7.38. The molecule has 1 N–H and O–H groups in total. The standard InChI is InChI=1S/C10H17N5O3S/c1-19(17,18)12-9-7-15(13-11-9)8-10(16)14-5-3-2-4-6-14/h7,12H,2-6,8H2,1H3. The van der Waals surface area contributed by atoms with Crippen molar-refractivity contribution in [3.8, 4) is 0 Å². The molecule has 0 radical (unpaired) electrons. The molecular formula is C10H17N5O3S. The molecule has 0 saturated carbocycles. The number of aromatic nitrogens is 3. The third-order valence-electron chi connectivity index (χ3n) is 2.83. The summed E-state index contributed by atoms with van der Waals surface area (Å²) in [7, 11) is -3.37. The number of hydrogen-bond acceptors (Lipinski definition) is 5. The van der Waals surface area contributed by atoms with Crippen molar-refractivity contribution in [3.63, 3.8) is 0 Å². The fraction of sp³-hybridized carbons (Fsp3) is 0.700. The van der Waals surface area contributed by atoms with Gasteiger partial charge in [0.05, 0.1) is 12.5 Å². The maximum Gasteiger partial charge on any atom is 0.244 e. The number of carbonyl (C=O) groups is 1. The third-order valence-corrected chi connectivity index (χ3v) is 3.41. The van der Waals surface area contributed by atoms with Crippen molar-refractivity contribution in [2.75, 3.05) is 24.1 Å². The molecule has 106 valence electrons. The SMILES string of the molecule is CS(=O)(=O)Nc1cn(CC(=O)N2CCCCC2)nn1. The molecule has 0 atom stereocenters. The quantitative estimate of drug-likeness (QED) is 0.817. The number of sulfonamides is 1. The third kappa shape index (κ3) is 4.19. The first-order chi connectivity index (χ1) is 8.94. The number of nitrogens with one attached hydrogen (secondary N) is 1. The molecule has 0 bridgehead atoms. The highest BCUT2D eigenvalue weighted by Crippen LogP contribution is 2.09. The second kappa shape index (κ2) is 5.55. The largest absolute Gasteiger partial charge is 0.341 e. The second-order valence-corrected chi connectivity index (χ2v) is 6.37. The van der Waals surface area contributed by atoms with Crippen molar-refractivity contribution < 1.29 is 13.2 Å². The minimum Gasteiger partial charge on any atom is -0.341 e. The van der Waals surface area contributed by atoms with E-state index in [1.54, 1.807) is 4.90 Å². The van der Waals surface area contributed by atoms with Gasteiger partial charge >= 0.3 is 0 Å². The fourth-order valence-corrected chi connectivity index (χ4v) is 2.47. The Morgan fingerprint density at radius 3 is 2.68 bits per heavy atom. The van der Waals surface area contributed by atoms with Crippen molar-refractivity contribution in [2.45, 2.75) is 25.8 Å². The lowest BCUT2D eigenvalue weighted by molar-refractivity contribution is -0.132. The van der Waals surface area contributed by atoms with Gasteiger partial charge in [0.15, 0.2) is 5.82 Å². The first-order valence-electron chi connectivity index (χ1n) is 6.10. The van der Waals surface area contributed by atoms with Crippen LogP contribution in [0.2, 0.25) is 0 Å². The first-order valence-corrected chi connectivity index (χ1v) is 7.99. The van der Waals surface area contributed by atoms with E-state index in [1.165, 1.54) is 10.9 Å². The summed E-state index contributed by atoms with van der Waals surface area (Å²) in [6.07, 6.45) is 5.66. The summed E-state index contributed by atoms with van der Waals surface area (Å²) in [5.74, 6) is 0.101. The summed E-state index contributed by atoms with van der Waals surface area (Å²) in [4.78, 5) is 13.8. The fourth-order valence-electron chi connectivity index (χ4n) is 1.99. The van der Waals surface area contributed by atoms with Crippen molar-refractivity contribution in [1.29, 1.82) is 0 Å². The molecule has 1 aliphatic heterocycles. The summed E-state index contributed by atoms with van der Waals surface area (Å²) < 4.78 is 25.6. The van der Waals surface area contributed by atoms with Gasteiger partial charge in [-0.1, -0.05) is 5.21 Å². The number of anilines is 1. The highest BCUT2D eigenvalue weighted by atomic mass is 32.2. The molecule has 2 rings (SSSR count). The Balaban J connectivity index is 1.94. The molecule has 1 aromatic rings.